The molecule has 0 saturated heterocycles. The van der Waals surface area contributed by atoms with E-state index in [1.54, 1.807) is 0 Å². The largest absolute Gasteiger partial charge is 0.230 e. The maximum atomic E-state index is 4.29. The molecule has 0 amide bonds. The van der Waals surface area contributed by atoms with Gasteiger partial charge in [0.1, 0.15) is 0 Å². The van der Waals surface area contributed by atoms with Crippen LogP contribution in [0, 0.1) is 3.57 Å². The van der Waals surface area contributed by atoms with E-state index in [-0.39, 0.29) is 0 Å². The molecule has 0 aromatic carbocycles. The van der Waals surface area contributed by atoms with Crippen molar-refractivity contribution in [1.29, 1.82) is 0 Å². The quantitative estimate of drug-likeness (QED) is 0.620. The van der Waals surface area contributed by atoms with Gasteiger partial charge in [-0.1, -0.05) is 24.6 Å². The molecule has 4 heteroatoms. The summed E-state index contributed by atoms with van der Waals surface area (Å²) in [5.74, 6) is 0. The second kappa shape index (κ2) is 4.59. The van der Waals surface area contributed by atoms with Crippen molar-refractivity contribution < 1.29 is 0 Å². The minimum absolute atomic E-state index is 0.764. The van der Waals surface area contributed by atoms with Crippen LogP contribution in [0.15, 0.2) is 17.6 Å². The molecule has 0 unspecified atom stereocenters. The van der Waals surface area contributed by atoms with Gasteiger partial charge in [0.25, 0.3) is 0 Å². The van der Waals surface area contributed by atoms with E-state index in [1.165, 1.54) is 25.7 Å². The molecule has 2 rings (SSSR count). The fourth-order valence-corrected chi connectivity index (χ4v) is 2.89. The Hall–Kier alpha value is 0.160. The maximum Gasteiger partial charge on any atom is 0.187 e. The van der Waals surface area contributed by atoms with Gasteiger partial charge in [0.15, 0.2) is 5.16 Å². The molecule has 0 N–H and O–H groups in total. The molecule has 0 atom stereocenters. The molecule has 0 radical (unpaired) electrons. The lowest BCUT2D eigenvalue weighted by Gasteiger charge is -2.05. The predicted molar refractivity (Wildman–Crippen MR) is 62.9 cm³/mol. The standard InChI is InChI=1S/C9H11IN2S/c10-7-5-11-9(12-6-7)13-8-3-1-2-4-8/h5-6,8H,1-4H2. The monoisotopic (exact) mass is 306 g/mol. The van der Waals surface area contributed by atoms with Crippen molar-refractivity contribution in [1.82, 2.24) is 9.97 Å². The summed E-state index contributed by atoms with van der Waals surface area (Å²) < 4.78 is 1.10. The Balaban J connectivity index is 1.97. The number of aromatic nitrogens is 2. The summed E-state index contributed by atoms with van der Waals surface area (Å²) in [7, 11) is 0. The average Bonchev–Trinajstić information content (AvgIpc) is 2.62. The Labute approximate surface area is 96.1 Å². The third-order valence-electron chi connectivity index (χ3n) is 2.17. The summed E-state index contributed by atoms with van der Waals surface area (Å²) in [6.45, 7) is 0. The van der Waals surface area contributed by atoms with E-state index in [2.05, 4.69) is 32.6 Å². The van der Waals surface area contributed by atoms with E-state index in [9.17, 15) is 0 Å². The van der Waals surface area contributed by atoms with E-state index < -0.39 is 0 Å². The molecule has 2 nitrogen and oxygen atoms in total. The van der Waals surface area contributed by atoms with Crippen molar-refractivity contribution in [3.05, 3.63) is 16.0 Å². The third kappa shape index (κ3) is 2.80. The fraction of sp³-hybridized carbons (Fsp3) is 0.556. The van der Waals surface area contributed by atoms with Crippen LogP contribution in [0.5, 0.6) is 0 Å². The van der Waals surface area contributed by atoms with Crippen molar-refractivity contribution in [2.45, 2.75) is 36.1 Å². The van der Waals surface area contributed by atoms with Gasteiger partial charge in [0.05, 0.1) is 0 Å². The molecule has 1 aliphatic carbocycles. The Kier molecular flexibility index (Phi) is 3.43. The lowest BCUT2D eigenvalue weighted by molar-refractivity contribution is 0.882. The van der Waals surface area contributed by atoms with Gasteiger partial charge >= 0.3 is 0 Å². The normalized spacial score (nSPS) is 17.9. The van der Waals surface area contributed by atoms with E-state index in [0.717, 1.165) is 14.0 Å². The molecule has 1 fully saturated rings. The highest BCUT2D eigenvalue weighted by molar-refractivity contribution is 14.1. The van der Waals surface area contributed by atoms with Gasteiger partial charge in [-0.25, -0.2) is 9.97 Å². The highest BCUT2D eigenvalue weighted by atomic mass is 127. The number of thioether (sulfide) groups is 1. The molecule has 0 aliphatic heterocycles. The second-order valence-corrected chi connectivity index (χ2v) is 5.72. The second-order valence-electron chi connectivity index (χ2n) is 3.21. The SMILES string of the molecule is Ic1cnc(SC2CCCC2)nc1. The molecule has 1 heterocycles. The molecule has 1 aliphatic rings. The van der Waals surface area contributed by atoms with Gasteiger partial charge in [-0.3, -0.25) is 0 Å². The van der Waals surface area contributed by atoms with E-state index >= 15 is 0 Å². The number of hydrogen-bond donors (Lipinski definition) is 0. The van der Waals surface area contributed by atoms with Gasteiger partial charge in [-0.15, -0.1) is 0 Å². The summed E-state index contributed by atoms with van der Waals surface area (Å²) in [4.78, 5) is 8.57. The van der Waals surface area contributed by atoms with Gasteiger partial charge in [0, 0.05) is 21.2 Å². The first-order valence-electron chi connectivity index (χ1n) is 4.49. The Bertz CT molecular complexity index is 269. The summed E-state index contributed by atoms with van der Waals surface area (Å²) in [5, 5.41) is 1.70. The van der Waals surface area contributed by atoms with Gasteiger partial charge in [-0.2, -0.15) is 0 Å². The molecular formula is C9H11IN2S. The van der Waals surface area contributed by atoms with E-state index in [1.807, 2.05) is 24.2 Å². The zero-order chi connectivity index (χ0) is 9.10. The van der Waals surface area contributed by atoms with Crippen LogP contribution in [0.25, 0.3) is 0 Å². The molecule has 0 spiro atoms. The van der Waals surface area contributed by atoms with Crippen LogP contribution in [0.1, 0.15) is 25.7 Å². The van der Waals surface area contributed by atoms with Gasteiger partial charge in [-0.05, 0) is 35.4 Å². The van der Waals surface area contributed by atoms with Gasteiger partial charge in [0.2, 0.25) is 0 Å². The van der Waals surface area contributed by atoms with Gasteiger partial charge < -0.3 is 0 Å². The Morgan fingerprint density at radius 3 is 2.46 bits per heavy atom. The van der Waals surface area contributed by atoms with Crippen molar-refractivity contribution in [2.24, 2.45) is 0 Å². The number of hydrogen-bond acceptors (Lipinski definition) is 3. The van der Waals surface area contributed by atoms with Crippen LogP contribution in [0.2, 0.25) is 0 Å². The number of rotatable bonds is 2. The minimum atomic E-state index is 0.764. The maximum absolute atomic E-state index is 4.29. The fourth-order valence-electron chi connectivity index (χ4n) is 1.52. The van der Waals surface area contributed by atoms with Crippen LogP contribution in [-0.4, -0.2) is 15.2 Å². The molecule has 1 aromatic heterocycles. The topological polar surface area (TPSA) is 25.8 Å². The summed E-state index contributed by atoms with van der Waals surface area (Å²) in [6, 6.07) is 0. The van der Waals surface area contributed by atoms with Crippen molar-refractivity contribution in [2.75, 3.05) is 0 Å². The molecule has 13 heavy (non-hydrogen) atoms. The Morgan fingerprint density at radius 1 is 1.23 bits per heavy atom. The Morgan fingerprint density at radius 2 is 1.85 bits per heavy atom. The summed E-state index contributed by atoms with van der Waals surface area (Å²) in [5.41, 5.74) is 0. The lowest BCUT2D eigenvalue weighted by Crippen LogP contribution is -1.96. The predicted octanol–water partition coefficient (Wildman–Crippen LogP) is 3.12. The van der Waals surface area contributed by atoms with E-state index in [0.29, 0.717) is 0 Å². The average molecular weight is 306 g/mol. The molecular weight excluding hydrogens is 295 g/mol. The van der Waals surface area contributed by atoms with Crippen molar-refractivity contribution >= 4 is 34.4 Å². The molecule has 1 aromatic rings. The first-order valence-corrected chi connectivity index (χ1v) is 6.44. The number of halogens is 1. The first-order chi connectivity index (χ1) is 6.34. The smallest absolute Gasteiger partial charge is 0.187 e. The number of nitrogens with zero attached hydrogens (tertiary/aromatic N) is 2. The first kappa shape index (κ1) is 9.71. The zero-order valence-electron chi connectivity index (χ0n) is 7.24. The minimum Gasteiger partial charge on any atom is -0.230 e. The zero-order valence-corrected chi connectivity index (χ0v) is 10.2. The van der Waals surface area contributed by atoms with Crippen LogP contribution >= 0.6 is 34.4 Å². The molecule has 70 valence electrons. The van der Waals surface area contributed by atoms with Crippen molar-refractivity contribution in [3.63, 3.8) is 0 Å². The summed E-state index contributed by atoms with van der Waals surface area (Å²) in [6.07, 6.45) is 9.18. The highest BCUT2D eigenvalue weighted by Gasteiger charge is 2.16. The lowest BCUT2D eigenvalue weighted by atomic mass is 10.4. The van der Waals surface area contributed by atoms with Crippen LogP contribution in [0.3, 0.4) is 0 Å². The highest BCUT2D eigenvalue weighted by Crippen LogP contribution is 2.32. The summed E-state index contributed by atoms with van der Waals surface area (Å²) >= 11 is 4.06. The molecule has 1 saturated carbocycles. The molecule has 0 bridgehead atoms. The van der Waals surface area contributed by atoms with Crippen LogP contribution in [-0.2, 0) is 0 Å². The van der Waals surface area contributed by atoms with Crippen molar-refractivity contribution in [3.8, 4) is 0 Å². The van der Waals surface area contributed by atoms with Crippen LogP contribution < -0.4 is 0 Å². The van der Waals surface area contributed by atoms with E-state index in [4.69, 9.17) is 0 Å². The van der Waals surface area contributed by atoms with Crippen LogP contribution in [0.4, 0.5) is 0 Å². The third-order valence-corrected chi connectivity index (χ3v) is 3.95.